The van der Waals surface area contributed by atoms with E-state index in [9.17, 15) is 43.8 Å². The van der Waals surface area contributed by atoms with Gasteiger partial charge in [0, 0.05) is 39.8 Å². The van der Waals surface area contributed by atoms with E-state index in [4.69, 9.17) is 37.9 Å². The first-order valence-corrected chi connectivity index (χ1v) is 19.0. The zero-order valence-electron chi connectivity index (χ0n) is 33.7. The molecule has 4 aliphatic rings. The first kappa shape index (κ1) is 43.1. The summed E-state index contributed by atoms with van der Waals surface area (Å²) in [6, 6.07) is 10.4. The van der Waals surface area contributed by atoms with Crippen LogP contribution in [0.2, 0.25) is 0 Å². The van der Waals surface area contributed by atoms with Crippen molar-refractivity contribution in [2.75, 3.05) is 13.2 Å². The van der Waals surface area contributed by atoms with Crippen LogP contribution in [0.5, 0.6) is 0 Å². The normalized spacial score (nSPS) is 37.4. The molecule has 4 bridgehead atoms. The number of esters is 7. The molecule has 2 aromatic rings. The van der Waals surface area contributed by atoms with Crippen molar-refractivity contribution in [1.82, 2.24) is 4.98 Å². The Morgan fingerprint density at radius 3 is 2.02 bits per heavy atom. The second-order valence-corrected chi connectivity index (χ2v) is 15.9. The first-order chi connectivity index (χ1) is 27.6. The van der Waals surface area contributed by atoms with Crippen molar-refractivity contribution in [2.45, 2.75) is 115 Å². The molecule has 2 aliphatic heterocycles. The highest BCUT2D eigenvalue weighted by Gasteiger charge is 2.91. The van der Waals surface area contributed by atoms with Gasteiger partial charge in [-0.3, -0.25) is 29.0 Å². The average Bonchev–Trinajstić information content (AvgIpc) is 3.37. The zero-order valence-corrected chi connectivity index (χ0v) is 33.7. The maximum Gasteiger partial charge on any atom is 0.340 e. The van der Waals surface area contributed by atoms with Crippen LogP contribution in [0.15, 0.2) is 48.7 Å². The SMILES string of the molecule is CC(=O)OC[C@]12[C@H](OC(C)=O)[C@H](OC(C)=O)[C@@H]3[C@@H](O)[C@@]14O[C@@]3(C)COC(=O)c1cccnc1[C@@H](C)[C@H](C)C(=O)O[C@@H]([C@H](OC(=O)c1ccccc1)[C@@H]2OC(C)=O)[C@]4(C)O. The minimum Gasteiger partial charge on any atom is -0.465 e. The molecule has 0 radical (unpaired) electrons. The number of pyridine rings is 1. The quantitative estimate of drug-likeness (QED) is 0.298. The van der Waals surface area contributed by atoms with Crippen molar-refractivity contribution in [2.24, 2.45) is 17.3 Å². The summed E-state index contributed by atoms with van der Waals surface area (Å²) in [4.78, 5) is 99.3. The number of aromatic nitrogens is 1. The number of hydrogen-bond acceptors (Lipinski definition) is 18. The number of nitrogens with zero attached hydrogens (tertiary/aromatic N) is 1. The highest BCUT2D eigenvalue weighted by Crippen LogP contribution is 2.69. The number of hydrogen-bond donors (Lipinski definition) is 2. The zero-order chi connectivity index (χ0) is 43.4. The van der Waals surface area contributed by atoms with Gasteiger partial charge in [0.1, 0.15) is 41.5 Å². The molecular formula is C41H47NO17. The Kier molecular flexibility index (Phi) is 11.4. The molecule has 1 aromatic heterocycles. The molecule has 18 nitrogen and oxygen atoms in total. The number of aliphatic hydroxyl groups excluding tert-OH is 1. The molecule has 1 aromatic carbocycles. The molecule has 13 atom stereocenters. The Balaban J connectivity index is 1.75. The molecule has 318 valence electrons. The van der Waals surface area contributed by atoms with Crippen molar-refractivity contribution in [1.29, 1.82) is 0 Å². The maximum atomic E-state index is 14.5. The lowest BCUT2D eigenvalue weighted by atomic mass is 9.45. The summed E-state index contributed by atoms with van der Waals surface area (Å²) < 4.78 is 48.6. The van der Waals surface area contributed by atoms with E-state index in [1.54, 1.807) is 13.0 Å². The van der Waals surface area contributed by atoms with E-state index in [0.29, 0.717) is 0 Å². The first-order valence-electron chi connectivity index (χ1n) is 19.0. The van der Waals surface area contributed by atoms with Gasteiger partial charge in [-0.05, 0) is 38.1 Å². The van der Waals surface area contributed by atoms with Gasteiger partial charge in [0.05, 0.1) is 34.8 Å². The predicted molar refractivity (Wildman–Crippen MR) is 196 cm³/mol. The van der Waals surface area contributed by atoms with Gasteiger partial charge in [0.25, 0.3) is 0 Å². The van der Waals surface area contributed by atoms with Gasteiger partial charge in [0.2, 0.25) is 0 Å². The van der Waals surface area contributed by atoms with Crippen molar-refractivity contribution in [3.05, 3.63) is 65.5 Å². The topological polar surface area (TPSA) is 247 Å². The largest absolute Gasteiger partial charge is 0.465 e. The lowest BCUT2D eigenvalue weighted by molar-refractivity contribution is -0.386. The van der Waals surface area contributed by atoms with Crippen LogP contribution in [0.3, 0.4) is 0 Å². The lowest BCUT2D eigenvalue weighted by Crippen LogP contribution is -2.89. The number of benzene rings is 1. The molecule has 2 saturated carbocycles. The van der Waals surface area contributed by atoms with Crippen molar-refractivity contribution >= 4 is 41.8 Å². The molecule has 59 heavy (non-hydrogen) atoms. The number of aliphatic hydroxyl groups is 2. The lowest BCUT2D eigenvalue weighted by Gasteiger charge is -2.67. The van der Waals surface area contributed by atoms with Crippen molar-refractivity contribution in [3.8, 4) is 0 Å². The molecule has 3 fully saturated rings. The van der Waals surface area contributed by atoms with Crippen LogP contribution in [-0.2, 0) is 61.9 Å². The highest BCUT2D eigenvalue weighted by molar-refractivity contribution is 5.91. The van der Waals surface area contributed by atoms with Crippen molar-refractivity contribution < 1.29 is 81.7 Å². The van der Waals surface area contributed by atoms with Crippen LogP contribution in [-0.4, -0.2) is 124 Å². The van der Waals surface area contributed by atoms with Crippen LogP contribution >= 0.6 is 0 Å². The summed E-state index contributed by atoms with van der Waals surface area (Å²) in [5, 5.41) is 26.3. The molecule has 18 heteroatoms. The monoisotopic (exact) mass is 825 g/mol. The summed E-state index contributed by atoms with van der Waals surface area (Å²) in [7, 11) is 0. The smallest absolute Gasteiger partial charge is 0.340 e. The van der Waals surface area contributed by atoms with E-state index in [-0.39, 0.29) is 16.8 Å². The molecule has 1 saturated heterocycles. The Hall–Kier alpha value is -5.46. The molecule has 2 aliphatic carbocycles. The highest BCUT2D eigenvalue weighted by atomic mass is 16.7. The van der Waals surface area contributed by atoms with E-state index >= 15 is 0 Å². The summed E-state index contributed by atoms with van der Waals surface area (Å²) in [5.41, 5.74) is -10.2. The third-order valence-electron chi connectivity index (χ3n) is 12.1. The molecule has 0 unspecified atom stereocenters. The summed E-state index contributed by atoms with van der Waals surface area (Å²) >= 11 is 0. The third-order valence-corrected chi connectivity index (χ3v) is 12.1. The van der Waals surface area contributed by atoms with E-state index in [2.05, 4.69) is 4.98 Å². The maximum absolute atomic E-state index is 14.5. The summed E-state index contributed by atoms with van der Waals surface area (Å²) in [6.07, 6.45) is -10.8. The van der Waals surface area contributed by atoms with Gasteiger partial charge < -0.3 is 48.1 Å². The third kappa shape index (κ3) is 6.89. The number of carbonyl (C=O) groups is 7. The van der Waals surface area contributed by atoms with Crippen LogP contribution in [0.25, 0.3) is 0 Å². The fraction of sp³-hybridized carbons (Fsp3) is 0.561. The van der Waals surface area contributed by atoms with Crippen LogP contribution < -0.4 is 0 Å². The van der Waals surface area contributed by atoms with Gasteiger partial charge in [-0.25, -0.2) is 9.59 Å². The summed E-state index contributed by atoms with van der Waals surface area (Å²) in [5.74, 6) is -10.7. The fourth-order valence-electron chi connectivity index (χ4n) is 9.53. The molecule has 0 amide bonds. The number of fused-ring (bicyclic) bond motifs is 5. The van der Waals surface area contributed by atoms with E-state index in [1.165, 1.54) is 56.4 Å². The molecule has 2 N–H and O–H groups in total. The standard InChI is InChI=1S/C41H47NO17/c1-19-20(2)35(48)58-32-30(57-36(49)25-13-10-9-11-14-25)34(56-24(6)46)40(18-52-21(3)43)33(55-23(5)45)29(54-22(4)44)27-31(47)41(40,39(32,8)51)59-38(27,7)17-53-37(50)26-15-12-16-42-28(19)26/h9-16,19-20,27,29-34,47,51H,17-18H2,1-8H3/t19-,20-,27+,29+,30-,31+,32-,33+,34-,38-,39-,40+,41-/m0/s1. The molecule has 6 rings (SSSR count). The van der Waals surface area contributed by atoms with Crippen LogP contribution in [0.1, 0.15) is 87.7 Å². The Bertz CT molecular complexity index is 2040. The van der Waals surface area contributed by atoms with Gasteiger partial charge in [0.15, 0.2) is 24.4 Å². The van der Waals surface area contributed by atoms with E-state index < -0.39 is 132 Å². The Morgan fingerprint density at radius 1 is 0.814 bits per heavy atom. The average molecular weight is 826 g/mol. The summed E-state index contributed by atoms with van der Waals surface area (Å²) in [6.45, 7) is 7.76. The van der Waals surface area contributed by atoms with Crippen molar-refractivity contribution in [3.63, 3.8) is 0 Å². The number of carbonyl (C=O) groups excluding carboxylic acids is 7. The Labute approximate surface area is 338 Å². The number of rotatable bonds is 7. The number of cyclic esters (lactones) is 1. The molecule has 3 heterocycles. The van der Waals surface area contributed by atoms with Gasteiger partial charge in [-0.1, -0.05) is 32.0 Å². The van der Waals surface area contributed by atoms with Gasteiger partial charge in [-0.15, -0.1) is 0 Å². The second-order valence-electron chi connectivity index (χ2n) is 15.9. The van der Waals surface area contributed by atoms with Gasteiger partial charge in [-0.2, -0.15) is 0 Å². The van der Waals surface area contributed by atoms with E-state index in [0.717, 1.165) is 34.6 Å². The van der Waals surface area contributed by atoms with Crippen LogP contribution in [0, 0.1) is 17.3 Å². The minimum atomic E-state index is -2.83. The van der Waals surface area contributed by atoms with E-state index in [1.807, 2.05) is 0 Å². The Morgan fingerprint density at radius 2 is 1.42 bits per heavy atom. The minimum absolute atomic E-state index is 0.0321. The van der Waals surface area contributed by atoms with Crippen LogP contribution in [0.4, 0.5) is 0 Å². The van der Waals surface area contributed by atoms with Gasteiger partial charge >= 0.3 is 41.8 Å². The number of ether oxygens (including phenoxy) is 8. The fourth-order valence-corrected chi connectivity index (χ4v) is 9.53. The molecule has 1 spiro atoms. The molecular weight excluding hydrogens is 778 g/mol. The second kappa shape index (κ2) is 15.6. The predicted octanol–water partition coefficient (Wildman–Crippen LogP) is 1.76.